The molecule has 0 radical (unpaired) electrons. The van der Waals surface area contributed by atoms with Crippen LogP contribution in [0, 0.1) is 34.9 Å². The molecule has 0 unspecified atom stereocenters. The van der Waals surface area contributed by atoms with Crippen molar-refractivity contribution in [3.05, 3.63) is 28.0 Å². The summed E-state index contributed by atoms with van der Waals surface area (Å²) >= 11 is 3.12. The Labute approximate surface area is 123 Å². The molecule has 104 valence electrons. The standard InChI is InChI=1S/C15H20BrFN2/c1-9(2)12(10(3)4)8-19-13-6-5-11(7-18)14(16)15(13)17/h5-6,9-10,12,19H,8H2,1-4H3. The lowest BCUT2D eigenvalue weighted by atomic mass is 9.85. The normalized spacial score (nSPS) is 11.2. The van der Waals surface area contributed by atoms with E-state index >= 15 is 0 Å². The first-order valence-electron chi connectivity index (χ1n) is 6.50. The molecule has 0 heterocycles. The molecule has 0 saturated carbocycles. The van der Waals surface area contributed by atoms with Crippen LogP contribution in [0.4, 0.5) is 10.1 Å². The monoisotopic (exact) mass is 326 g/mol. The minimum atomic E-state index is -0.398. The van der Waals surface area contributed by atoms with Crippen molar-refractivity contribution in [3.63, 3.8) is 0 Å². The van der Waals surface area contributed by atoms with E-state index < -0.39 is 5.82 Å². The summed E-state index contributed by atoms with van der Waals surface area (Å²) in [6.07, 6.45) is 0. The fraction of sp³-hybridized carbons (Fsp3) is 0.533. The molecule has 0 fully saturated rings. The van der Waals surface area contributed by atoms with E-state index in [1.165, 1.54) is 0 Å². The molecule has 0 atom stereocenters. The molecule has 0 aliphatic rings. The van der Waals surface area contributed by atoms with Crippen molar-refractivity contribution < 1.29 is 4.39 Å². The van der Waals surface area contributed by atoms with Crippen LogP contribution >= 0.6 is 15.9 Å². The minimum absolute atomic E-state index is 0.227. The van der Waals surface area contributed by atoms with E-state index in [0.717, 1.165) is 6.54 Å². The molecule has 0 aromatic heterocycles. The fourth-order valence-corrected chi connectivity index (χ4v) is 2.68. The van der Waals surface area contributed by atoms with Crippen LogP contribution in [0.25, 0.3) is 0 Å². The van der Waals surface area contributed by atoms with Crippen LogP contribution in [-0.2, 0) is 0 Å². The van der Waals surface area contributed by atoms with Gasteiger partial charge in [0.15, 0.2) is 5.82 Å². The molecule has 0 saturated heterocycles. The maximum absolute atomic E-state index is 14.0. The molecule has 19 heavy (non-hydrogen) atoms. The Kier molecular flexibility index (Phi) is 5.81. The van der Waals surface area contributed by atoms with Crippen LogP contribution in [0.15, 0.2) is 16.6 Å². The van der Waals surface area contributed by atoms with Gasteiger partial charge < -0.3 is 5.32 Å². The topological polar surface area (TPSA) is 35.8 Å². The SMILES string of the molecule is CC(C)C(CNc1ccc(C#N)c(Br)c1F)C(C)C. The lowest BCUT2D eigenvalue weighted by Gasteiger charge is -2.25. The summed E-state index contributed by atoms with van der Waals surface area (Å²) in [6.45, 7) is 9.44. The van der Waals surface area contributed by atoms with Crippen LogP contribution < -0.4 is 5.32 Å². The van der Waals surface area contributed by atoms with Gasteiger partial charge >= 0.3 is 0 Å². The third-order valence-corrected chi connectivity index (χ3v) is 4.22. The van der Waals surface area contributed by atoms with Crippen molar-refractivity contribution >= 4 is 21.6 Å². The van der Waals surface area contributed by atoms with E-state index in [2.05, 4.69) is 48.9 Å². The molecule has 0 spiro atoms. The van der Waals surface area contributed by atoms with Gasteiger partial charge in [0.25, 0.3) is 0 Å². The highest BCUT2D eigenvalue weighted by molar-refractivity contribution is 9.10. The quantitative estimate of drug-likeness (QED) is 0.843. The van der Waals surface area contributed by atoms with Crippen LogP contribution in [0.3, 0.4) is 0 Å². The number of hydrogen-bond donors (Lipinski definition) is 1. The van der Waals surface area contributed by atoms with Crippen LogP contribution in [0.5, 0.6) is 0 Å². The highest BCUT2D eigenvalue weighted by Crippen LogP contribution is 2.28. The Morgan fingerprint density at radius 1 is 1.26 bits per heavy atom. The highest BCUT2D eigenvalue weighted by atomic mass is 79.9. The summed E-state index contributed by atoms with van der Waals surface area (Å²) in [7, 11) is 0. The van der Waals surface area contributed by atoms with Crippen molar-refractivity contribution in [2.45, 2.75) is 27.7 Å². The van der Waals surface area contributed by atoms with Crippen molar-refractivity contribution in [2.24, 2.45) is 17.8 Å². The zero-order valence-corrected chi connectivity index (χ0v) is 13.4. The largest absolute Gasteiger partial charge is 0.382 e. The smallest absolute Gasteiger partial charge is 0.161 e. The van der Waals surface area contributed by atoms with E-state index in [0.29, 0.717) is 29.0 Å². The van der Waals surface area contributed by atoms with Gasteiger partial charge in [0.2, 0.25) is 0 Å². The van der Waals surface area contributed by atoms with E-state index in [1.807, 2.05) is 6.07 Å². The van der Waals surface area contributed by atoms with Crippen molar-refractivity contribution in [1.29, 1.82) is 5.26 Å². The first-order valence-corrected chi connectivity index (χ1v) is 7.29. The van der Waals surface area contributed by atoms with Crippen molar-refractivity contribution in [3.8, 4) is 6.07 Å². The second-order valence-corrected chi connectivity index (χ2v) is 6.23. The molecule has 4 heteroatoms. The van der Waals surface area contributed by atoms with E-state index in [1.54, 1.807) is 12.1 Å². The van der Waals surface area contributed by atoms with Gasteiger partial charge in [-0.25, -0.2) is 4.39 Å². The lowest BCUT2D eigenvalue weighted by Crippen LogP contribution is -2.24. The Morgan fingerprint density at radius 2 is 1.84 bits per heavy atom. The maximum Gasteiger partial charge on any atom is 0.161 e. The van der Waals surface area contributed by atoms with Gasteiger partial charge in [-0.05, 0) is 45.8 Å². The number of nitrogens with zero attached hydrogens (tertiary/aromatic N) is 1. The second-order valence-electron chi connectivity index (χ2n) is 5.43. The highest BCUT2D eigenvalue weighted by Gasteiger charge is 2.18. The van der Waals surface area contributed by atoms with Crippen LogP contribution in [-0.4, -0.2) is 6.54 Å². The number of anilines is 1. The molecule has 1 aromatic rings. The molecule has 0 aliphatic carbocycles. The van der Waals surface area contributed by atoms with Gasteiger partial charge in [-0.3, -0.25) is 0 Å². The average Bonchev–Trinajstić information content (AvgIpc) is 2.34. The van der Waals surface area contributed by atoms with E-state index in [9.17, 15) is 4.39 Å². The zero-order valence-electron chi connectivity index (χ0n) is 11.8. The van der Waals surface area contributed by atoms with Gasteiger partial charge in [-0.1, -0.05) is 27.7 Å². The maximum atomic E-state index is 14.0. The van der Waals surface area contributed by atoms with Gasteiger partial charge in [-0.2, -0.15) is 5.26 Å². The summed E-state index contributed by atoms with van der Waals surface area (Å²) in [4.78, 5) is 0. The first-order chi connectivity index (χ1) is 8.88. The predicted octanol–water partition coefficient (Wildman–Crippen LogP) is 4.80. The molecule has 0 bridgehead atoms. The van der Waals surface area contributed by atoms with Gasteiger partial charge in [0, 0.05) is 6.54 Å². The molecule has 2 nitrogen and oxygen atoms in total. The Hall–Kier alpha value is -1.08. The number of nitrogens with one attached hydrogen (secondary N) is 1. The van der Waals surface area contributed by atoms with Crippen LogP contribution in [0.1, 0.15) is 33.3 Å². The summed E-state index contributed by atoms with van der Waals surface area (Å²) in [5, 5.41) is 12.0. The minimum Gasteiger partial charge on any atom is -0.382 e. The Morgan fingerprint density at radius 3 is 2.32 bits per heavy atom. The second kappa shape index (κ2) is 6.91. The van der Waals surface area contributed by atoms with E-state index in [-0.39, 0.29) is 4.47 Å². The molecule has 1 aromatic carbocycles. The van der Waals surface area contributed by atoms with Gasteiger partial charge in [0.1, 0.15) is 6.07 Å². The van der Waals surface area contributed by atoms with Crippen LogP contribution in [0.2, 0.25) is 0 Å². The number of halogens is 2. The van der Waals surface area contributed by atoms with Gasteiger partial charge in [-0.15, -0.1) is 0 Å². The Bertz CT molecular complexity index is 470. The molecular weight excluding hydrogens is 307 g/mol. The fourth-order valence-electron chi connectivity index (χ4n) is 2.24. The third kappa shape index (κ3) is 3.94. The summed E-state index contributed by atoms with van der Waals surface area (Å²) < 4.78 is 14.3. The molecule has 0 aliphatic heterocycles. The zero-order chi connectivity index (χ0) is 14.6. The number of nitriles is 1. The number of hydrogen-bond acceptors (Lipinski definition) is 2. The Balaban J connectivity index is 2.84. The lowest BCUT2D eigenvalue weighted by molar-refractivity contribution is 0.304. The first kappa shape index (κ1) is 16.0. The molecular formula is C15H20BrFN2. The predicted molar refractivity (Wildman–Crippen MR) is 80.5 cm³/mol. The van der Waals surface area contributed by atoms with Crippen molar-refractivity contribution in [1.82, 2.24) is 0 Å². The number of benzene rings is 1. The average molecular weight is 327 g/mol. The summed E-state index contributed by atoms with van der Waals surface area (Å²) in [5.41, 5.74) is 0.754. The summed E-state index contributed by atoms with van der Waals surface area (Å²) in [6, 6.07) is 5.19. The summed E-state index contributed by atoms with van der Waals surface area (Å²) in [5.74, 6) is 1.16. The molecule has 1 N–H and O–H groups in total. The number of rotatable bonds is 5. The van der Waals surface area contributed by atoms with Crippen molar-refractivity contribution in [2.75, 3.05) is 11.9 Å². The van der Waals surface area contributed by atoms with E-state index in [4.69, 9.17) is 5.26 Å². The third-order valence-electron chi connectivity index (χ3n) is 3.44. The van der Waals surface area contributed by atoms with Gasteiger partial charge in [0.05, 0.1) is 15.7 Å². The molecule has 0 amide bonds. The molecule has 1 rings (SSSR count).